The zero-order chi connectivity index (χ0) is 59.5. The molecule has 0 saturated carbocycles. The summed E-state index contributed by atoms with van der Waals surface area (Å²) in [5.74, 6) is 1.40. The van der Waals surface area contributed by atoms with Crippen LogP contribution in [0.25, 0.3) is 33.8 Å². The van der Waals surface area contributed by atoms with Crippen molar-refractivity contribution in [1.29, 1.82) is 0 Å². The summed E-state index contributed by atoms with van der Waals surface area (Å²) in [5.41, 5.74) is 11.3. The van der Waals surface area contributed by atoms with Gasteiger partial charge in [-0.25, -0.2) is 0 Å². The van der Waals surface area contributed by atoms with Crippen molar-refractivity contribution in [2.75, 3.05) is 0 Å². The number of benzene rings is 3. The molecule has 3 aromatic heterocycles. The molecule has 6 atom stereocenters. The second-order valence-electron chi connectivity index (χ2n) is 23.8. The third kappa shape index (κ3) is 34.2. The van der Waals surface area contributed by atoms with Crippen molar-refractivity contribution < 1.29 is 91.0 Å². The SMILES string of the molecule is CC(C)(C)C(O)CC(O)C(C)(C)C.CC(C)C(O)CC(O)C(C)C.CC(C)CC(O)CC(C)O.Cc1cnc(-c2[c-]cccc2)c(C)n1.Cc1cnc(-c2[c-]cccc2)c(C)n1.Cc1nc(C(C)C)cnc1-c1[c-]cccc1.[Ir].[Ir].[Ir]. The Kier molecular flexibility index (Phi) is 42.0. The average Bonchev–Trinajstić information content (AvgIpc) is 3.34. The molecule has 0 aliphatic rings. The Morgan fingerprint density at radius 3 is 1.01 bits per heavy atom. The largest absolute Gasteiger partial charge is 0.393 e. The second kappa shape index (κ2) is 41.6. The molecule has 0 aliphatic carbocycles. The summed E-state index contributed by atoms with van der Waals surface area (Å²) in [5, 5.41) is 56.4. The summed E-state index contributed by atoms with van der Waals surface area (Å²) in [6.45, 7) is 39.6. The Morgan fingerprint density at radius 2 is 0.765 bits per heavy atom. The van der Waals surface area contributed by atoms with Crippen LogP contribution >= 0.6 is 0 Å². The minimum absolute atomic E-state index is 0. The number of aliphatic hydroxyl groups excluding tert-OH is 6. The molecule has 0 amide bonds. The number of nitrogens with zero attached hydrogens (tertiary/aromatic N) is 6. The van der Waals surface area contributed by atoms with E-state index in [0.29, 0.717) is 31.1 Å². The van der Waals surface area contributed by atoms with Crippen molar-refractivity contribution in [3.8, 4) is 33.8 Å². The summed E-state index contributed by atoms with van der Waals surface area (Å²) in [4.78, 5) is 26.5. The van der Waals surface area contributed by atoms with Gasteiger partial charge in [-0.15, -0.1) is 108 Å². The van der Waals surface area contributed by atoms with Gasteiger partial charge in [-0.05, 0) is 95.3 Å². The van der Waals surface area contributed by atoms with Crippen LogP contribution in [0.5, 0.6) is 0 Å². The van der Waals surface area contributed by atoms with Crippen LogP contribution in [0, 0.1) is 81.4 Å². The topological polar surface area (TPSA) is 199 Å². The van der Waals surface area contributed by atoms with Gasteiger partial charge in [-0.2, -0.15) is 0 Å². The summed E-state index contributed by atoms with van der Waals surface area (Å²) in [6, 6.07) is 32.9. The van der Waals surface area contributed by atoms with Crippen molar-refractivity contribution in [1.82, 2.24) is 29.9 Å². The zero-order valence-corrected chi connectivity index (χ0v) is 59.3. The first-order valence-corrected chi connectivity index (χ1v) is 27.7. The maximum Gasteiger partial charge on any atom is 0.0613 e. The van der Waals surface area contributed by atoms with Gasteiger partial charge in [-0.1, -0.05) is 96.9 Å². The minimum Gasteiger partial charge on any atom is -0.393 e. The summed E-state index contributed by atoms with van der Waals surface area (Å²) in [6.07, 6.45) is 5.31. The molecule has 0 aliphatic heterocycles. The Labute approximate surface area is 529 Å². The number of rotatable bonds is 14. The smallest absolute Gasteiger partial charge is 0.0613 e. The molecule has 81 heavy (non-hydrogen) atoms. The zero-order valence-electron chi connectivity index (χ0n) is 52.1. The van der Waals surface area contributed by atoms with Crippen molar-refractivity contribution >= 4 is 0 Å². The Balaban J connectivity index is -0.000000901. The van der Waals surface area contributed by atoms with Crippen molar-refractivity contribution in [3.05, 3.63) is 144 Å². The van der Waals surface area contributed by atoms with E-state index < -0.39 is 12.2 Å². The van der Waals surface area contributed by atoms with Crippen molar-refractivity contribution in [2.24, 2.45) is 28.6 Å². The van der Waals surface area contributed by atoms with Crippen LogP contribution in [0.2, 0.25) is 0 Å². The van der Waals surface area contributed by atoms with Gasteiger partial charge in [0.05, 0.1) is 53.7 Å². The fourth-order valence-electron chi connectivity index (χ4n) is 7.13. The first-order chi connectivity index (χ1) is 36.2. The van der Waals surface area contributed by atoms with Crippen LogP contribution < -0.4 is 0 Å². The summed E-state index contributed by atoms with van der Waals surface area (Å²) in [7, 11) is 0. The number of aliphatic hydroxyl groups is 6. The quantitative estimate of drug-likeness (QED) is 0.0565. The average molecular weight is 1650 g/mol. The van der Waals surface area contributed by atoms with Gasteiger partial charge in [0, 0.05) is 119 Å². The first-order valence-electron chi connectivity index (χ1n) is 27.7. The second-order valence-corrected chi connectivity index (χ2v) is 23.8. The Hall–Kier alpha value is -3.39. The van der Waals surface area contributed by atoms with Crippen LogP contribution in [0.3, 0.4) is 0 Å². The molecular formula is C66H99Ir3N6O6-3. The van der Waals surface area contributed by atoms with Crippen LogP contribution in [0.15, 0.2) is 91.4 Å². The molecule has 3 aromatic carbocycles. The van der Waals surface area contributed by atoms with Crippen LogP contribution in [0.1, 0.15) is 170 Å². The Bertz CT molecular complexity index is 2420. The van der Waals surface area contributed by atoms with E-state index >= 15 is 0 Å². The molecular weight excluding hydrogens is 1550 g/mol. The van der Waals surface area contributed by atoms with E-state index in [2.05, 4.69) is 75.8 Å². The molecule has 0 fully saturated rings. The normalized spacial score (nSPS) is 13.1. The van der Waals surface area contributed by atoms with E-state index in [9.17, 15) is 25.5 Å². The molecule has 3 radical (unpaired) electrons. The standard InChI is InChI=1S/C14H15N2.2C12H11N2.C11H24O2.C9H20O2.C8H18O2.3Ir/c1-10(2)13-9-15-14(11(3)16-13)12-7-5-4-6-8-12;2*1-9-8-13-12(10(2)14-9)11-6-4-3-5-7-11;1-10(2,3)8(12)7-9(13)11(4,5)6;1-6(2)8(10)5-9(11)7(3)4;1-6(2)4-8(10)5-7(3)9;;;/h4-7,9-10H,1-3H3;2*3-6,8H,1-2H3;8-9,12-13H,7H2,1-6H3;6-11H,5H2,1-4H3;6-10H,4-5H2,1-3H3;;;/q3*-1;;;;;;. The molecule has 0 saturated heterocycles. The maximum absolute atomic E-state index is 9.76. The van der Waals surface area contributed by atoms with Gasteiger partial charge in [0.15, 0.2) is 0 Å². The monoisotopic (exact) mass is 1650 g/mol. The van der Waals surface area contributed by atoms with Crippen molar-refractivity contribution in [2.45, 2.75) is 207 Å². The van der Waals surface area contributed by atoms with Crippen LogP contribution in [0.4, 0.5) is 0 Å². The van der Waals surface area contributed by atoms with Crippen LogP contribution in [-0.4, -0.2) is 97.2 Å². The first kappa shape index (κ1) is 81.8. The van der Waals surface area contributed by atoms with E-state index in [1.54, 1.807) is 19.3 Å². The number of hydrogen-bond acceptors (Lipinski definition) is 12. The van der Waals surface area contributed by atoms with E-state index in [4.69, 9.17) is 5.11 Å². The maximum atomic E-state index is 9.76. The van der Waals surface area contributed by atoms with E-state index in [0.717, 1.165) is 74.4 Å². The Morgan fingerprint density at radius 1 is 0.432 bits per heavy atom. The van der Waals surface area contributed by atoms with Gasteiger partial charge in [0.25, 0.3) is 0 Å². The molecule has 12 nitrogen and oxygen atoms in total. The molecule has 0 bridgehead atoms. The third-order valence-corrected chi connectivity index (χ3v) is 12.4. The molecule has 6 unspecified atom stereocenters. The van der Waals surface area contributed by atoms with Crippen molar-refractivity contribution in [3.63, 3.8) is 0 Å². The number of aryl methyl sites for hydroxylation is 5. The van der Waals surface area contributed by atoms with Gasteiger partial charge in [0.1, 0.15) is 0 Å². The molecule has 459 valence electrons. The van der Waals surface area contributed by atoms with E-state index in [1.807, 2.05) is 183 Å². The predicted octanol–water partition coefficient (Wildman–Crippen LogP) is 13.3. The molecule has 0 spiro atoms. The molecule has 6 rings (SSSR count). The van der Waals surface area contributed by atoms with E-state index in [1.165, 1.54) is 0 Å². The molecule has 6 aromatic rings. The minimum atomic E-state index is -0.443. The van der Waals surface area contributed by atoms with Gasteiger partial charge in [-0.3, -0.25) is 15.0 Å². The van der Waals surface area contributed by atoms with Gasteiger partial charge >= 0.3 is 0 Å². The van der Waals surface area contributed by atoms with Gasteiger partial charge < -0.3 is 45.6 Å². The molecule has 3 heterocycles. The molecule has 15 heteroatoms. The van der Waals surface area contributed by atoms with Crippen LogP contribution in [-0.2, 0) is 60.3 Å². The molecule has 6 N–H and O–H groups in total. The summed E-state index contributed by atoms with van der Waals surface area (Å²) < 4.78 is 0. The number of aromatic nitrogens is 6. The third-order valence-electron chi connectivity index (χ3n) is 12.4. The fourth-order valence-corrected chi connectivity index (χ4v) is 7.13. The predicted molar refractivity (Wildman–Crippen MR) is 320 cm³/mol. The number of hydrogen-bond donors (Lipinski definition) is 6. The fraction of sp³-hybridized carbons (Fsp3) is 0.545. The van der Waals surface area contributed by atoms with E-state index in [-0.39, 0.29) is 107 Å². The van der Waals surface area contributed by atoms with Gasteiger partial charge in [0.2, 0.25) is 0 Å². The summed E-state index contributed by atoms with van der Waals surface area (Å²) >= 11 is 0.